The molecule has 0 aliphatic carbocycles. The Bertz CT molecular complexity index is 886. The predicted molar refractivity (Wildman–Crippen MR) is 116 cm³/mol. The maximum absolute atomic E-state index is 12.6. The highest BCUT2D eigenvalue weighted by Gasteiger charge is 2.22. The van der Waals surface area contributed by atoms with Gasteiger partial charge in [-0.05, 0) is 45.7 Å². The predicted octanol–water partition coefficient (Wildman–Crippen LogP) is 2.95. The molecule has 0 radical (unpaired) electrons. The summed E-state index contributed by atoms with van der Waals surface area (Å²) in [5, 5.41) is 4.63. The highest BCUT2D eigenvalue weighted by molar-refractivity contribution is 7.07. The summed E-state index contributed by atoms with van der Waals surface area (Å²) >= 11 is 1.14. The van der Waals surface area contributed by atoms with Crippen molar-refractivity contribution in [3.05, 3.63) is 50.8 Å². The maximum atomic E-state index is 12.6. The van der Waals surface area contributed by atoms with E-state index >= 15 is 0 Å². The molecule has 0 aliphatic heterocycles. The summed E-state index contributed by atoms with van der Waals surface area (Å²) in [7, 11) is 0. The first-order valence-electron chi connectivity index (χ1n) is 9.94. The van der Waals surface area contributed by atoms with E-state index in [-0.39, 0.29) is 17.2 Å². The fourth-order valence-corrected chi connectivity index (χ4v) is 3.51. The highest BCUT2D eigenvalue weighted by Crippen LogP contribution is 2.12. The third kappa shape index (κ3) is 7.98. The molecule has 8 nitrogen and oxygen atoms in total. The second-order valence-electron chi connectivity index (χ2n) is 8.01. The number of carbonyl (C=O) groups is 2. The summed E-state index contributed by atoms with van der Waals surface area (Å²) in [5.41, 5.74) is 1.18. The van der Waals surface area contributed by atoms with Gasteiger partial charge in [0.1, 0.15) is 5.60 Å². The fourth-order valence-electron chi connectivity index (χ4n) is 2.75. The molecule has 0 aliphatic rings. The van der Waals surface area contributed by atoms with Gasteiger partial charge in [0.2, 0.25) is 5.91 Å². The second kappa shape index (κ2) is 10.9. The van der Waals surface area contributed by atoms with Crippen molar-refractivity contribution < 1.29 is 14.3 Å². The number of nitrogens with zero attached hydrogens (tertiary/aromatic N) is 3. The van der Waals surface area contributed by atoms with E-state index in [1.54, 1.807) is 27.2 Å². The number of amides is 2. The van der Waals surface area contributed by atoms with E-state index < -0.39 is 11.7 Å². The van der Waals surface area contributed by atoms with E-state index in [1.807, 2.05) is 39.8 Å². The monoisotopic (exact) mass is 434 g/mol. The number of hydrogen-bond acceptors (Lipinski definition) is 6. The first-order chi connectivity index (χ1) is 14.2. The standard InChI is InChI=1S/C21H30N4O4S/c1-16-15-30-20(28)25(16)12-8-18(26)23-10-6-11-24(19(27)29-21(2,3)4)14-17-7-5-9-22-13-17/h5,7,9,13,15H,6,8,10-12,14H2,1-4H3,(H,23,26). The van der Waals surface area contributed by atoms with Gasteiger partial charge in [-0.25, -0.2) is 4.79 Å². The van der Waals surface area contributed by atoms with Gasteiger partial charge in [-0.15, -0.1) is 0 Å². The van der Waals surface area contributed by atoms with Crippen molar-refractivity contribution in [2.45, 2.75) is 59.2 Å². The normalized spacial score (nSPS) is 11.2. The smallest absolute Gasteiger partial charge is 0.410 e. The minimum Gasteiger partial charge on any atom is -0.444 e. The van der Waals surface area contributed by atoms with Gasteiger partial charge in [-0.3, -0.25) is 14.6 Å². The van der Waals surface area contributed by atoms with Crippen LogP contribution in [-0.4, -0.2) is 45.1 Å². The molecule has 0 spiro atoms. The van der Waals surface area contributed by atoms with Crippen LogP contribution >= 0.6 is 11.3 Å². The summed E-state index contributed by atoms with van der Waals surface area (Å²) in [5.74, 6) is -0.122. The summed E-state index contributed by atoms with van der Waals surface area (Å²) < 4.78 is 7.10. The molecule has 0 aromatic carbocycles. The van der Waals surface area contributed by atoms with Crippen molar-refractivity contribution in [1.82, 2.24) is 19.8 Å². The lowest BCUT2D eigenvalue weighted by Gasteiger charge is -2.27. The molecular weight excluding hydrogens is 404 g/mol. The molecule has 0 fully saturated rings. The number of pyridine rings is 1. The Hall–Kier alpha value is -2.68. The minimum absolute atomic E-state index is 0.0521. The van der Waals surface area contributed by atoms with E-state index in [4.69, 9.17) is 4.74 Å². The molecule has 0 bridgehead atoms. The lowest BCUT2D eigenvalue weighted by molar-refractivity contribution is -0.121. The lowest BCUT2D eigenvalue weighted by atomic mass is 10.2. The number of ether oxygens (including phenoxy) is 1. The quantitative estimate of drug-likeness (QED) is 0.613. The molecule has 2 rings (SSSR count). The molecule has 2 aromatic rings. The van der Waals surface area contributed by atoms with Gasteiger partial charge in [0.05, 0.1) is 6.54 Å². The van der Waals surface area contributed by atoms with Crippen molar-refractivity contribution in [1.29, 1.82) is 0 Å². The van der Waals surface area contributed by atoms with Crippen molar-refractivity contribution in [3.63, 3.8) is 0 Å². The molecule has 164 valence electrons. The summed E-state index contributed by atoms with van der Waals surface area (Å²) in [6.45, 7) is 8.96. The number of carbonyl (C=O) groups excluding carboxylic acids is 2. The number of rotatable bonds is 9. The molecule has 9 heteroatoms. The first kappa shape index (κ1) is 23.6. The molecule has 2 amide bonds. The van der Waals surface area contributed by atoms with Crippen LogP contribution in [0, 0.1) is 6.92 Å². The van der Waals surface area contributed by atoms with Crippen LogP contribution in [0.4, 0.5) is 4.79 Å². The van der Waals surface area contributed by atoms with Gasteiger partial charge in [0.25, 0.3) is 0 Å². The zero-order chi connectivity index (χ0) is 22.1. The van der Waals surface area contributed by atoms with Crippen LogP contribution in [-0.2, 0) is 22.6 Å². The van der Waals surface area contributed by atoms with Crippen LogP contribution < -0.4 is 10.2 Å². The van der Waals surface area contributed by atoms with Gasteiger partial charge in [-0.2, -0.15) is 0 Å². The van der Waals surface area contributed by atoms with E-state index in [0.717, 1.165) is 22.6 Å². The van der Waals surface area contributed by atoms with Gasteiger partial charge in [0, 0.05) is 49.5 Å². The van der Waals surface area contributed by atoms with Crippen LogP contribution in [0.25, 0.3) is 0 Å². The van der Waals surface area contributed by atoms with Gasteiger partial charge < -0.3 is 19.5 Å². The zero-order valence-electron chi connectivity index (χ0n) is 18.0. The Balaban J connectivity index is 1.81. The van der Waals surface area contributed by atoms with Crippen LogP contribution in [0.3, 0.4) is 0 Å². The van der Waals surface area contributed by atoms with Gasteiger partial charge in [-0.1, -0.05) is 17.4 Å². The third-order valence-electron chi connectivity index (χ3n) is 4.21. The van der Waals surface area contributed by atoms with E-state index in [1.165, 1.54) is 0 Å². The maximum Gasteiger partial charge on any atom is 0.410 e. The van der Waals surface area contributed by atoms with Crippen LogP contribution in [0.1, 0.15) is 44.9 Å². The van der Waals surface area contributed by atoms with Crippen molar-refractivity contribution in [2.24, 2.45) is 0 Å². The summed E-state index contributed by atoms with van der Waals surface area (Å²) in [6, 6.07) is 3.73. The van der Waals surface area contributed by atoms with Gasteiger partial charge in [0.15, 0.2) is 0 Å². The minimum atomic E-state index is -0.587. The Labute approximate surface area is 180 Å². The average molecular weight is 435 g/mol. The third-order valence-corrected chi connectivity index (χ3v) is 5.09. The van der Waals surface area contributed by atoms with Crippen LogP contribution in [0.5, 0.6) is 0 Å². The Morgan fingerprint density at radius 1 is 1.33 bits per heavy atom. The molecule has 0 saturated heterocycles. The Morgan fingerprint density at radius 3 is 2.70 bits per heavy atom. The SMILES string of the molecule is Cc1csc(=O)n1CCC(=O)NCCCN(Cc1cccnc1)C(=O)OC(C)(C)C. The number of aryl methyl sites for hydroxylation is 1. The second-order valence-corrected chi connectivity index (χ2v) is 8.83. The largest absolute Gasteiger partial charge is 0.444 e. The van der Waals surface area contributed by atoms with Crippen LogP contribution in [0.2, 0.25) is 0 Å². The van der Waals surface area contributed by atoms with Crippen molar-refractivity contribution >= 4 is 23.3 Å². The Kier molecular flexibility index (Phi) is 8.58. The van der Waals surface area contributed by atoms with Crippen LogP contribution in [0.15, 0.2) is 34.7 Å². The van der Waals surface area contributed by atoms with E-state index in [2.05, 4.69) is 10.3 Å². The number of hydrogen-bond donors (Lipinski definition) is 1. The number of thiazole rings is 1. The van der Waals surface area contributed by atoms with Crippen molar-refractivity contribution in [2.75, 3.05) is 13.1 Å². The van der Waals surface area contributed by atoms with Crippen molar-refractivity contribution in [3.8, 4) is 0 Å². The summed E-state index contributed by atoms with van der Waals surface area (Å²) in [6.07, 6.45) is 3.83. The average Bonchev–Trinajstić information content (AvgIpc) is 2.99. The molecule has 2 heterocycles. The Morgan fingerprint density at radius 2 is 2.10 bits per heavy atom. The molecule has 0 unspecified atom stereocenters. The molecular formula is C21H30N4O4S. The fraction of sp³-hybridized carbons (Fsp3) is 0.524. The first-order valence-corrected chi connectivity index (χ1v) is 10.8. The highest BCUT2D eigenvalue weighted by atomic mass is 32.1. The van der Waals surface area contributed by atoms with E-state index in [0.29, 0.717) is 32.6 Å². The number of nitrogens with one attached hydrogen (secondary N) is 1. The summed E-state index contributed by atoms with van der Waals surface area (Å²) in [4.78, 5) is 42.0. The number of aromatic nitrogens is 2. The lowest BCUT2D eigenvalue weighted by Crippen LogP contribution is -2.38. The van der Waals surface area contributed by atoms with E-state index in [9.17, 15) is 14.4 Å². The van der Waals surface area contributed by atoms with Gasteiger partial charge >= 0.3 is 11.0 Å². The molecule has 30 heavy (non-hydrogen) atoms. The molecule has 2 aromatic heterocycles. The topological polar surface area (TPSA) is 93.5 Å². The molecule has 0 atom stereocenters. The zero-order valence-corrected chi connectivity index (χ0v) is 18.8. The molecule has 1 N–H and O–H groups in total. The molecule has 0 saturated carbocycles.